The molecule has 1 fully saturated rings. The van der Waals surface area contributed by atoms with E-state index in [2.05, 4.69) is 59.0 Å². The van der Waals surface area contributed by atoms with Gasteiger partial charge in [0.25, 0.3) is 0 Å². The van der Waals surface area contributed by atoms with Crippen LogP contribution in [0.4, 0.5) is 5.13 Å². The molecular formula is C18H27ClN4S. The fourth-order valence-corrected chi connectivity index (χ4v) is 4.41. The van der Waals surface area contributed by atoms with Crippen molar-refractivity contribution in [1.29, 1.82) is 0 Å². The van der Waals surface area contributed by atoms with Crippen LogP contribution in [0.15, 0.2) is 36.5 Å². The Kier molecular flexibility index (Phi) is 7.04. The fourth-order valence-electron chi connectivity index (χ4n) is 3.33. The average molecular weight is 367 g/mol. The van der Waals surface area contributed by atoms with E-state index in [0.29, 0.717) is 5.92 Å². The Morgan fingerprint density at radius 1 is 1.21 bits per heavy atom. The SMILES string of the molecule is CCN(CC)c1ncc(CN2C[C@@H](N)[C@H](c3ccccc3)C2)s1.Cl. The second kappa shape index (κ2) is 8.81. The molecule has 6 heteroatoms. The lowest BCUT2D eigenvalue weighted by molar-refractivity contribution is 0.326. The van der Waals surface area contributed by atoms with E-state index in [1.165, 1.54) is 10.4 Å². The monoisotopic (exact) mass is 366 g/mol. The molecule has 2 aromatic rings. The molecule has 0 unspecified atom stereocenters. The molecule has 1 aromatic carbocycles. The van der Waals surface area contributed by atoms with Crippen LogP contribution in [-0.4, -0.2) is 42.1 Å². The van der Waals surface area contributed by atoms with Crippen LogP contribution >= 0.6 is 23.7 Å². The topological polar surface area (TPSA) is 45.4 Å². The first-order valence-electron chi connectivity index (χ1n) is 8.43. The zero-order valence-corrected chi connectivity index (χ0v) is 16.0. The van der Waals surface area contributed by atoms with Gasteiger partial charge < -0.3 is 10.6 Å². The maximum Gasteiger partial charge on any atom is 0.185 e. The van der Waals surface area contributed by atoms with Gasteiger partial charge in [0.05, 0.1) is 0 Å². The van der Waals surface area contributed by atoms with Gasteiger partial charge in [-0.1, -0.05) is 30.3 Å². The Morgan fingerprint density at radius 2 is 1.92 bits per heavy atom. The van der Waals surface area contributed by atoms with Crippen LogP contribution in [0.3, 0.4) is 0 Å². The van der Waals surface area contributed by atoms with Crippen molar-refractivity contribution in [1.82, 2.24) is 9.88 Å². The van der Waals surface area contributed by atoms with Crippen molar-refractivity contribution in [2.75, 3.05) is 31.1 Å². The normalized spacial score (nSPS) is 20.8. The van der Waals surface area contributed by atoms with Crippen molar-refractivity contribution in [3.05, 3.63) is 47.0 Å². The van der Waals surface area contributed by atoms with Crippen LogP contribution in [0.1, 0.15) is 30.2 Å². The van der Waals surface area contributed by atoms with Gasteiger partial charge in [0, 0.05) is 55.8 Å². The molecule has 132 valence electrons. The summed E-state index contributed by atoms with van der Waals surface area (Å²) >= 11 is 1.81. The Morgan fingerprint density at radius 3 is 2.58 bits per heavy atom. The van der Waals surface area contributed by atoms with Crippen molar-refractivity contribution >= 4 is 28.9 Å². The Hall–Kier alpha value is -1.14. The van der Waals surface area contributed by atoms with Crippen LogP contribution in [-0.2, 0) is 6.54 Å². The minimum atomic E-state index is 0. The summed E-state index contributed by atoms with van der Waals surface area (Å²) in [7, 11) is 0. The lowest BCUT2D eigenvalue weighted by Gasteiger charge is -2.17. The molecule has 2 N–H and O–H groups in total. The molecule has 3 rings (SSSR count). The molecule has 0 aliphatic carbocycles. The largest absolute Gasteiger partial charge is 0.349 e. The molecule has 0 spiro atoms. The molecule has 0 saturated carbocycles. The summed E-state index contributed by atoms with van der Waals surface area (Å²) in [5, 5.41) is 1.13. The third-order valence-corrected chi connectivity index (χ3v) is 5.67. The van der Waals surface area contributed by atoms with Crippen molar-refractivity contribution in [2.24, 2.45) is 5.73 Å². The van der Waals surface area contributed by atoms with E-state index in [0.717, 1.165) is 37.9 Å². The summed E-state index contributed by atoms with van der Waals surface area (Å²) in [5.74, 6) is 0.436. The van der Waals surface area contributed by atoms with Crippen molar-refractivity contribution in [3.8, 4) is 0 Å². The maximum absolute atomic E-state index is 6.39. The number of rotatable bonds is 6. The molecule has 1 aromatic heterocycles. The summed E-state index contributed by atoms with van der Waals surface area (Å²) in [6.45, 7) is 9.31. The highest BCUT2D eigenvalue weighted by Gasteiger charge is 2.31. The van der Waals surface area contributed by atoms with E-state index in [4.69, 9.17) is 5.73 Å². The number of benzene rings is 1. The number of hydrogen-bond donors (Lipinski definition) is 1. The number of likely N-dealkylation sites (tertiary alicyclic amines) is 1. The number of thiazole rings is 1. The van der Waals surface area contributed by atoms with Gasteiger partial charge in [-0.15, -0.1) is 23.7 Å². The molecular weight excluding hydrogens is 340 g/mol. The van der Waals surface area contributed by atoms with Gasteiger partial charge in [0.1, 0.15) is 0 Å². The van der Waals surface area contributed by atoms with Gasteiger partial charge in [0.15, 0.2) is 5.13 Å². The Labute approximate surface area is 155 Å². The van der Waals surface area contributed by atoms with E-state index < -0.39 is 0 Å². The number of nitrogens with zero attached hydrogens (tertiary/aromatic N) is 3. The van der Waals surface area contributed by atoms with Gasteiger partial charge in [-0.25, -0.2) is 4.98 Å². The molecule has 1 saturated heterocycles. The zero-order chi connectivity index (χ0) is 16.2. The summed E-state index contributed by atoms with van der Waals surface area (Å²) < 4.78 is 0. The van der Waals surface area contributed by atoms with Crippen LogP contribution in [0.25, 0.3) is 0 Å². The van der Waals surface area contributed by atoms with Gasteiger partial charge in [-0.3, -0.25) is 4.90 Å². The van der Waals surface area contributed by atoms with E-state index in [1.54, 1.807) is 0 Å². The molecule has 2 heterocycles. The number of hydrogen-bond acceptors (Lipinski definition) is 5. The minimum Gasteiger partial charge on any atom is -0.349 e. The summed E-state index contributed by atoms with van der Waals surface area (Å²) in [4.78, 5) is 10.7. The predicted octanol–water partition coefficient (Wildman–Crippen LogP) is 3.34. The second-order valence-electron chi connectivity index (χ2n) is 6.16. The first kappa shape index (κ1) is 19.2. The van der Waals surface area contributed by atoms with Gasteiger partial charge in [-0.2, -0.15) is 0 Å². The van der Waals surface area contributed by atoms with E-state index >= 15 is 0 Å². The molecule has 0 amide bonds. The third-order valence-electron chi connectivity index (χ3n) is 4.62. The first-order valence-corrected chi connectivity index (χ1v) is 9.25. The van der Waals surface area contributed by atoms with Crippen molar-refractivity contribution < 1.29 is 0 Å². The van der Waals surface area contributed by atoms with Crippen LogP contribution in [0, 0.1) is 0 Å². The quantitative estimate of drug-likeness (QED) is 0.851. The predicted molar refractivity (Wildman–Crippen MR) is 105 cm³/mol. The van der Waals surface area contributed by atoms with Crippen LogP contribution < -0.4 is 10.6 Å². The summed E-state index contributed by atoms with van der Waals surface area (Å²) in [6, 6.07) is 10.9. The second-order valence-corrected chi connectivity index (χ2v) is 7.25. The van der Waals surface area contributed by atoms with Crippen LogP contribution in [0.2, 0.25) is 0 Å². The van der Waals surface area contributed by atoms with Crippen molar-refractivity contribution in [2.45, 2.75) is 32.4 Å². The molecule has 4 nitrogen and oxygen atoms in total. The van der Waals surface area contributed by atoms with E-state index in [1.807, 2.05) is 17.5 Å². The Balaban J connectivity index is 0.00000208. The highest BCUT2D eigenvalue weighted by atomic mass is 35.5. The van der Waals surface area contributed by atoms with Crippen LogP contribution in [0.5, 0.6) is 0 Å². The summed E-state index contributed by atoms with van der Waals surface area (Å²) in [6.07, 6.45) is 2.03. The molecule has 1 aliphatic heterocycles. The summed E-state index contributed by atoms with van der Waals surface area (Å²) in [5.41, 5.74) is 7.75. The average Bonchev–Trinajstić information content (AvgIpc) is 3.17. The highest BCUT2D eigenvalue weighted by molar-refractivity contribution is 7.15. The maximum atomic E-state index is 6.39. The van der Waals surface area contributed by atoms with Gasteiger partial charge in [0.2, 0.25) is 0 Å². The lowest BCUT2D eigenvalue weighted by atomic mass is 9.95. The lowest BCUT2D eigenvalue weighted by Crippen LogP contribution is -2.28. The molecule has 0 radical (unpaired) electrons. The highest BCUT2D eigenvalue weighted by Crippen LogP contribution is 2.29. The number of nitrogens with two attached hydrogens (primary N) is 1. The Bertz CT molecular complexity index is 614. The number of aromatic nitrogens is 1. The van der Waals surface area contributed by atoms with Gasteiger partial charge >= 0.3 is 0 Å². The number of halogens is 1. The minimum absolute atomic E-state index is 0. The zero-order valence-electron chi connectivity index (χ0n) is 14.4. The van der Waals surface area contributed by atoms with Crippen molar-refractivity contribution in [3.63, 3.8) is 0 Å². The standard InChI is InChI=1S/C18H26N4S.ClH/c1-3-22(4-2)18-20-10-15(23-18)11-21-12-16(17(19)13-21)14-8-6-5-7-9-14;/h5-10,16-17H,3-4,11-13,19H2,1-2H3;1H/t16-,17+;/m0./s1. The first-order chi connectivity index (χ1) is 11.2. The third kappa shape index (κ3) is 4.28. The fraction of sp³-hybridized carbons (Fsp3) is 0.500. The molecule has 0 bridgehead atoms. The van der Waals surface area contributed by atoms with E-state index in [-0.39, 0.29) is 18.4 Å². The van der Waals surface area contributed by atoms with Gasteiger partial charge in [-0.05, 0) is 19.4 Å². The molecule has 24 heavy (non-hydrogen) atoms. The number of anilines is 1. The molecule has 2 atom stereocenters. The smallest absolute Gasteiger partial charge is 0.185 e. The molecule has 1 aliphatic rings. The van der Waals surface area contributed by atoms with E-state index in [9.17, 15) is 0 Å².